The van der Waals surface area contributed by atoms with Crippen molar-refractivity contribution in [2.24, 2.45) is 0 Å². The molecule has 25 heavy (non-hydrogen) atoms. The van der Waals surface area contributed by atoms with Gasteiger partial charge in [0.05, 0.1) is 6.54 Å². The first kappa shape index (κ1) is 17.0. The van der Waals surface area contributed by atoms with Gasteiger partial charge in [0.2, 0.25) is 0 Å². The van der Waals surface area contributed by atoms with Gasteiger partial charge in [0.25, 0.3) is 5.91 Å². The minimum Gasteiger partial charge on any atom is -0.484 e. The maximum Gasteiger partial charge on any atom is 0.258 e. The largest absolute Gasteiger partial charge is 0.484 e. The van der Waals surface area contributed by atoms with Gasteiger partial charge in [-0.15, -0.1) is 0 Å². The maximum absolute atomic E-state index is 12.0. The van der Waals surface area contributed by atoms with Crippen LogP contribution in [0.4, 0.5) is 0 Å². The molecule has 1 amide bonds. The van der Waals surface area contributed by atoms with Crippen LogP contribution in [0.25, 0.3) is 11.0 Å². The number of aliphatic hydroxyl groups is 1. The topological polar surface area (TPSA) is 71.7 Å². The van der Waals surface area contributed by atoms with E-state index in [0.717, 1.165) is 10.9 Å². The molecule has 1 atom stereocenters. The molecule has 1 unspecified atom stereocenters. The van der Waals surface area contributed by atoms with Gasteiger partial charge in [-0.05, 0) is 43.7 Å². The Morgan fingerprint density at radius 2 is 2.00 bits per heavy atom. The number of para-hydroxylation sites is 1. The monoisotopic (exact) mass is 339 g/mol. The Bertz CT molecular complexity index is 849. The molecule has 0 spiro atoms. The number of furan rings is 1. The number of nitrogens with one attached hydrogen (secondary N) is 1. The van der Waals surface area contributed by atoms with Crippen molar-refractivity contribution < 1.29 is 19.1 Å². The molecule has 0 bridgehead atoms. The highest BCUT2D eigenvalue weighted by atomic mass is 16.5. The van der Waals surface area contributed by atoms with Gasteiger partial charge in [0.1, 0.15) is 22.7 Å². The van der Waals surface area contributed by atoms with Crippen LogP contribution < -0.4 is 10.1 Å². The van der Waals surface area contributed by atoms with E-state index in [2.05, 4.69) is 5.32 Å². The van der Waals surface area contributed by atoms with Crippen molar-refractivity contribution >= 4 is 16.9 Å². The van der Waals surface area contributed by atoms with Gasteiger partial charge in [-0.3, -0.25) is 4.79 Å². The van der Waals surface area contributed by atoms with E-state index in [-0.39, 0.29) is 19.1 Å². The number of carbonyl (C=O) groups is 1. The molecule has 130 valence electrons. The Kier molecular flexibility index (Phi) is 4.76. The predicted molar refractivity (Wildman–Crippen MR) is 95.5 cm³/mol. The van der Waals surface area contributed by atoms with E-state index in [1.807, 2.05) is 49.4 Å². The Morgan fingerprint density at radius 1 is 1.20 bits per heavy atom. The van der Waals surface area contributed by atoms with E-state index in [0.29, 0.717) is 17.1 Å². The fourth-order valence-electron chi connectivity index (χ4n) is 2.51. The first-order valence-corrected chi connectivity index (χ1v) is 8.12. The van der Waals surface area contributed by atoms with Crippen LogP contribution in [0, 0.1) is 6.92 Å². The molecular weight excluding hydrogens is 318 g/mol. The average molecular weight is 339 g/mol. The number of ether oxygens (including phenoxy) is 1. The summed E-state index contributed by atoms with van der Waals surface area (Å²) in [5.74, 6) is 0.741. The van der Waals surface area contributed by atoms with Gasteiger partial charge in [0.15, 0.2) is 6.61 Å². The highest BCUT2D eigenvalue weighted by Gasteiger charge is 2.28. The Labute approximate surface area is 146 Å². The van der Waals surface area contributed by atoms with Crippen LogP contribution in [0.1, 0.15) is 18.2 Å². The van der Waals surface area contributed by atoms with Crippen molar-refractivity contribution in [1.29, 1.82) is 0 Å². The smallest absolute Gasteiger partial charge is 0.258 e. The van der Waals surface area contributed by atoms with Gasteiger partial charge in [-0.1, -0.05) is 30.3 Å². The first-order chi connectivity index (χ1) is 11.9. The summed E-state index contributed by atoms with van der Waals surface area (Å²) < 4.78 is 11.1. The summed E-state index contributed by atoms with van der Waals surface area (Å²) in [6.07, 6.45) is 0. The van der Waals surface area contributed by atoms with Crippen LogP contribution in [-0.2, 0) is 10.4 Å². The van der Waals surface area contributed by atoms with Crippen LogP contribution in [0.15, 0.2) is 59.0 Å². The number of hydrogen-bond acceptors (Lipinski definition) is 4. The number of aryl methyl sites for hydroxylation is 1. The third-order valence-electron chi connectivity index (χ3n) is 3.95. The molecule has 5 nitrogen and oxygen atoms in total. The van der Waals surface area contributed by atoms with Crippen molar-refractivity contribution in [2.45, 2.75) is 19.4 Å². The molecule has 1 heterocycles. The number of rotatable bonds is 6. The van der Waals surface area contributed by atoms with Crippen molar-refractivity contribution in [3.05, 3.63) is 65.9 Å². The second-order valence-electron chi connectivity index (χ2n) is 6.30. The maximum atomic E-state index is 12.0. The summed E-state index contributed by atoms with van der Waals surface area (Å²) in [5.41, 5.74) is 0.454. The molecule has 2 N–H and O–H groups in total. The zero-order valence-corrected chi connectivity index (χ0v) is 14.3. The number of amides is 1. The van der Waals surface area contributed by atoms with Gasteiger partial charge in [-0.25, -0.2) is 0 Å². The molecule has 0 aliphatic carbocycles. The fraction of sp³-hybridized carbons (Fsp3) is 0.250. The molecule has 3 aromatic rings. The van der Waals surface area contributed by atoms with Gasteiger partial charge in [0, 0.05) is 5.39 Å². The van der Waals surface area contributed by atoms with Crippen molar-refractivity contribution in [2.75, 3.05) is 13.2 Å². The molecule has 0 fully saturated rings. The number of carbonyl (C=O) groups excluding carboxylic acids is 1. The minimum absolute atomic E-state index is 0.0306. The number of benzene rings is 2. The summed E-state index contributed by atoms with van der Waals surface area (Å²) in [4.78, 5) is 12.0. The normalized spacial score (nSPS) is 13.4. The van der Waals surface area contributed by atoms with Crippen molar-refractivity contribution in [3.63, 3.8) is 0 Å². The lowest BCUT2D eigenvalue weighted by Gasteiger charge is -2.21. The van der Waals surface area contributed by atoms with E-state index < -0.39 is 5.60 Å². The van der Waals surface area contributed by atoms with Crippen molar-refractivity contribution in [1.82, 2.24) is 5.32 Å². The molecule has 1 aromatic heterocycles. The molecule has 0 saturated carbocycles. The van der Waals surface area contributed by atoms with Crippen LogP contribution in [0.3, 0.4) is 0 Å². The molecule has 5 heteroatoms. The van der Waals surface area contributed by atoms with E-state index in [1.165, 1.54) is 0 Å². The predicted octanol–water partition coefficient (Wildman–Crippen LogP) is 3.14. The third-order valence-corrected chi connectivity index (χ3v) is 3.95. The molecule has 0 aliphatic rings. The van der Waals surface area contributed by atoms with Crippen LogP contribution in [0.5, 0.6) is 5.75 Å². The molecule has 0 saturated heterocycles. The van der Waals surface area contributed by atoms with Gasteiger partial charge < -0.3 is 19.6 Å². The quantitative estimate of drug-likeness (QED) is 0.724. The van der Waals surface area contributed by atoms with Crippen molar-refractivity contribution in [3.8, 4) is 5.75 Å². The Morgan fingerprint density at radius 3 is 2.76 bits per heavy atom. The van der Waals surface area contributed by atoms with E-state index in [1.54, 1.807) is 19.1 Å². The highest BCUT2D eigenvalue weighted by Crippen LogP contribution is 2.27. The van der Waals surface area contributed by atoms with E-state index >= 15 is 0 Å². The zero-order valence-electron chi connectivity index (χ0n) is 14.3. The summed E-state index contributed by atoms with van der Waals surface area (Å²) >= 11 is 0. The number of hydrogen-bond donors (Lipinski definition) is 2. The summed E-state index contributed by atoms with van der Waals surface area (Å²) in [6.45, 7) is 3.48. The lowest BCUT2D eigenvalue weighted by molar-refractivity contribution is -0.124. The van der Waals surface area contributed by atoms with Crippen LogP contribution >= 0.6 is 0 Å². The lowest BCUT2D eigenvalue weighted by atomic mass is 10.0. The van der Waals surface area contributed by atoms with E-state index in [9.17, 15) is 9.90 Å². The molecular formula is C20H21NO4. The highest BCUT2D eigenvalue weighted by molar-refractivity contribution is 5.78. The van der Waals surface area contributed by atoms with Gasteiger partial charge in [-0.2, -0.15) is 0 Å². The molecule has 2 aromatic carbocycles. The zero-order chi connectivity index (χ0) is 17.9. The van der Waals surface area contributed by atoms with Gasteiger partial charge >= 0.3 is 0 Å². The molecule has 0 radical (unpaired) electrons. The minimum atomic E-state index is -1.31. The SMILES string of the molecule is Cc1cccc(OCC(=O)NCC(C)(O)c2cc3ccccc3o2)c1. The second kappa shape index (κ2) is 6.99. The van der Waals surface area contributed by atoms with Crippen LogP contribution in [-0.4, -0.2) is 24.2 Å². The summed E-state index contributed by atoms with van der Waals surface area (Å²) in [7, 11) is 0. The fourth-order valence-corrected chi connectivity index (χ4v) is 2.51. The average Bonchev–Trinajstić information content (AvgIpc) is 3.03. The molecule has 3 rings (SSSR count). The summed E-state index contributed by atoms with van der Waals surface area (Å²) in [6, 6.07) is 16.8. The lowest BCUT2D eigenvalue weighted by Crippen LogP contribution is -2.40. The molecule has 0 aliphatic heterocycles. The Balaban J connectivity index is 1.56. The Hall–Kier alpha value is -2.79. The first-order valence-electron chi connectivity index (χ1n) is 8.12. The summed E-state index contributed by atoms with van der Waals surface area (Å²) in [5, 5.41) is 14.2. The number of fused-ring (bicyclic) bond motifs is 1. The second-order valence-corrected chi connectivity index (χ2v) is 6.30. The third kappa shape index (κ3) is 4.19. The van der Waals surface area contributed by atoms with E-state index in [4.69, 9.17) is 9.15 Å². The standard InChI is InChI=1S/C20H21NO4/c1-14-6-5-8-16(10-14)24-12-19(22)21-13-20(2,23)18-11-15-7-3-4-9-17(15)25-18/h3-11,23H,12-13H2,1-2H3,(H,21,22). The van der Waals surface area contributed by atoms with Crippen LogP contribution in [0.2, 0.25) is 0 Å².